The third-order valence-corrected chi connectivity index (χ3v) is 5.23. The van der Waals surface area contributed by atoms with Crippen molar-refractivity contribution >= 4 is 5.70 Å². The van der Waals surface area contributed by atoms with Crippen LogP contribution >= 0.6 is 0 Å². The summed E-state index contributed by atoms with van der Waals surface area (Å²) in [6, 6.07) is 3.78. The molecule has 180 valence electrons. The number of ether oxygens (including phenoxy) is 2. The Balaban J connectivity index is 2.13. The van der Waals surface area contributed by atoms with Gasteiger partial charge in [0.05, 0.1) is 53.3 Å². The lowest BCUT2D eigenvalue weighted by atomic mass is 9.98. The van der Waals surface area contributed by atoms with Gasteiger partial charge in [-0.15, -0.1) is 0 Å². The van der Waals surface area contributed by atoms with E-state index in [0.29, 0.717) is 22.8 Å². The fourth-order valence-corrected chi connectivity index (χ4v) is 3.49. The van der Waals surface area contributed by atoms with Crippen LogP contribution in [0.25, 0.3) is 5.70 Å². The molecule has 9 nitrogen and oxygen atoms in total. The summed E-state index contributed by atoms with van der Waals surface area (Å²) < 4.78 is 11.8. The van der Waals surface area contributed by atoms with E-state index in [0.717, 1.165) is 24.3 Å². The number of aromatic nitrogens is 1. The van der Waals surface area contributed by atoms with E-state index in [9.17, 15) is 0 Å². The first-order chi connectivity index (χ1) is 15.0. The molecule has 32 heavy (non-hydrogen) atoms. The molecule has 0 aliphatic heterocycles. The molecule has 9 heteroatoms. The second-order valence-electron chi connectivity index (χ2n) is 9.41. The number of likely N-dealkylation sites (N-methyl/N-ethyl adjacent to an activating group) is 1. The SMILES string of the molecule is Cc1nc(/C(N)=C(\CN(N)/C=C(\N)COC(C)(C)C)N(C)N)ccc1OC1CCCCC1. The summed E-state index contributed by atoms with van der Waals surface area (Å²) in [7, 11) is 1.71. The standard InChI is InChI=1S/C23H41N7O2/c1-16-21(32-18-9-7-6-8-10-18)12-11-19(28-16)22(25)20(29(5)26)14-30(27)13-17(24)15-31-23(2,3)4/h11-13,18H,6-10,14-15,24-27H2,1-5H3/b17-13-,22-20-. The monoisotopic (exact) mass is 447 g/mol. The van der Waals surface area contributed by atoms with Gasteiger partial charge in [0.15, 0.2) is 0 Å². The molecule has 1 aliphatic rings. The molecular weight excluding hydrogens is 406 g/mol. The Bertz CT molecular complexity index is 809. The Hall–Kier alpha value is -2.49. The fourth-order valence-electron chi connectivity index (χ4n) is 3.49. The van der Waals surface area contributed by atoms with Crippen molar-refractivity contribution < 1.29 is 9.47 Å². The molecule has 0 aromatic carbocycles. The topological polar surface area (TPSA) is 142 Å². The Labute approximate surface area is 192 Å². The molecule has 2 rings (SSSR count). The highest BCUT2D eigenvalue weighted by atomic mass is 16.5. The fraction of sp³-hybridized carbons (Fsp3) is 0.609. The van der Waals surface area contributed by atoms with E-state index in [1.807, 2.05) is 39.8 Å². The van der Waals surface area contributed by atoms with Gasteiger partial charge in [0, 0.05) is 13.2 Å². The second kappa shape index (κ2) is 11.4. The average Bonchev–Trinajstić information content (AvgIpc) is 2.71. The molecule has 1 fully saturated rings. The van der Waals surface area contributed by atoms with Gasteiger partial charge in [0.2, 0.25) is 0 Å². The summed E-state index contributed by atoms with van der Waals surface area (Å²) in [4.78, 5) is 4.66. The van der Waals surface area contributed by atoms with Gasteiger partial charge < -0.3 is 31.0 Å². The molecule has 1 aromatic heterocycles. The molecule has 0 spiro atoms. The zero-order valence-corrected chi connectivity index (χ0v) is 20.2. The average molecular weight is 448 g/mol. The molecule has 0 bridgehead atoms. The summed E-state index contributed by atoms with van der Waals surface area (Å²) in [5.74, 6) is 13.0. The maximum Gasteiger partial charge on any atom is 0.140 e. The van der Waals surface area contributed by atoms with Crippen molar-refractivity contribution in [2.45, 2.75) is 71.5 Å². The zero-order chi connectivity index (χ0) is 23.9. The summed E-state index contributed by atoms with van der Waals surface area (Å²) in [5.41, 5.74) is 15.1. The Morgan fingerprint density at radius 2 is 1.81 bits per heavy atom. The Morgan fingerprint density at radius 3 is 2.38 bits per heavy atom. The van der Waals surface area contributed by atoms with Crippen LogP contribution < -0.4 is 27.9 Å². The molecule has 1 aromatic rings. The minimum Gasteiger partial charge on any atom is -0.489 e. The van der Waals surface area contributed by atoms with Crippen LogP contribution in [0.1, 0.15) is 64.3 Å². The second-order valence-corrected chi connectivity index (χ2v) is 9.41. The van der Waals surface area contributed by atoms with Crippen LogP contribution in [0.2, 0.25) is 0 Å². The van der Waals surface area contributed by atoms with Gasteiger partial charge in [-0.1, -0.05) is 6.42 Å². The van der Waals surface area contributed by atoms with Crippen LogP contribution in [0.15, 0.2) is 29.7 Å². The van der Waals surface area contributed by atoms with E-state index >= 15 is 0 Å². The molecule has 1 heterocycles. The number of hydrogen-bond acceptors (Lipinski definition) is 9. The van der Waals surface area contributed by atoms with Crippen LogP contribution in [0.5, 0.6) is 5.75 Å². The maximum atomic E-state index is 6.43. The predicted octanol–water partition coefficient (Wildman–Crippen LogP) is 2.33. The van der Waals surface area contributed by atoms with Crippen molar-refractivity contribution in [2.24, 2.45) is 23.2 Å². The van der Waals surface area contributed by atoms with Crippen LogP contribution in [-0.2, 0) is 4.74 Å². The molecule has 0 unspecified atom stereocenters. The normalized spacial score (nSPS) is 16.5. The molecule has 1 aliphatic carbocycles. The number of hydrogen-bond donors (Lipinski definition) is 4. The number of pyridine rings is 1. The van der Waals surface area contributed by atoms with Crippen molar-refractivity contribution in [3.8, 4) is 5.75 Å². The number of nitrogens with zero attached hydrogens (tertiary/aromatic N) is 3. The Kier molecular flexibility index (Phi) is 9.18. The summed E-state index contributed by atoms with van der Waals surface area (Å²) in [6.07, 6.45) is 7.78. The van der Waals surface area contributed by atoms with Gasteiger partial charge in [-0.3, -0.25) is 0 Å². The largest absolute Gasteiger partial charge is 0.489 e. The summed E-state index contributed by atoms with van der Waals surface area (Å²) in [5, 5.41) is 2.87. The van der Waals surface area contributed by atoms with E-state index in [2.05, 4.69) is 4.98 Å². The van der Waals surface area contributed by atoms with E-state index in [1.54, 1.807) is 13.2 Å². The smallest absolute Gasteiger partial charge is 0.140 e. The van der Waals surface area contributed by atoms with Gasteiger partial charge >= 0.3 is 0 Å². The van der Waals surface area contributed by atoms with Crippen molar-refractivity contribution in [2.75, 3.05) is 20.2 Å². The highest BCUT2D eigenvalue weighted by molar-refractivity contribution is 5.63. The minimum absolute atomic E-state index is 0.246. The van der Waals surface area contributed by atoms with Gasteiger partial charge in [-0.05, 0) is 65.5 Å². The van der Waals surface area contributed by atoms with Gasteiger partial charge in [0.25, 0.3) is 0 Å². The van der Waals surface area contributed by atoms with Crippen LogP contribution in [0, 0.1) is 6.92 Å². The molecule has 1 saturated carbocycles. The van der Waals surface area contributed by atoms with Crippen molar-refractivity contribution in [1.82, 2.24) is 15.0 Å². The van der Waals surface area contributed by atoms with Gasteiger partial charge in [-0.25, -0.2) is 16.7 Å². The molecule has 0 atom stereocenters. The first kappa shape index (κ1) is 25.8. The third-order valence-electron chi connectivity index (χ3n) is 5.23. The van der Waals surface area contributed by atoms with E-state index in [-0.39, 0.29) is 24.9 Å². The number of aryl methyl sites for hydroxylation is 1. The highest BCUT2D eigenvalue weighted by Crippen LogP contribution is 2.26. The third kappa shape index (κ3) is 8.22. The molecule has 0 amide bonds. The Morgan fingerprint density at radius 1 is 1.16 bits per heavy atom. The lowest BCUT2D eigenvalue weighted by Crippen LogP contribution is -2.38. The predicted molar refractivity (Wildman–Crippen MR) is 128 cm³/mol. The van der Waals surface area contributed by atoms with Crippen molar-refractivity contribution in [3.63, 3.8) is 0 Å². The van der Waals surface area contributed by atoms with E-state index < -0.39 is 0 Å². The molecule has 0 radical (unpaired) electrons. The summed E-state index contributed by atoms with van der Waals surface area (Å²) in [6.45, 7) is 8.34. The van der Waals surface area contributed by atoms with Gasteiger partial charge in [0.1, 0.15) is 5.75 Å². The van der Waals surface area contributed by atoms with E-state index in [1.165, 1.54) is 29.3 Å². The molecule has 8 N–H and O–H groups in total. The molecular formula is C23H41N7O2. The highest BCUT2D eigenvalue weighted by Gasteiger charge is 2.18. The van der Waals surface area contributed by atoms with Crippen LogP contribution in [-0.4, -0.2) is 46.9 Å². The lowest BCUT2D eigenvalue weighted by Gasteiger charge is -2.25. The zero-order valence-electron chi connectivity index (χ0n) is 20.2. The first-order valence-electron chi connectivity index (χ1n) is 11.2. The lowest BCUT2D eigenvalue weighted by molar-refractivity contribution is 0.0101. The minimum atomic E-state index is -0.290. The van der Waals surface area contributed by atoms with Crippen LogP contribution in [0.4, 0.5) is 0 Å². The van der Waals surface area contributed by atoms with Crippen molar-refractivity contribution in [3.05, 3.63) is 41.1 Å². The van der Waals surface area contributed by atoms with E-state index in [4.69, 9.17) is 32.6 Å². The maximum absolute atomic E-state index is 6.43. The number of nitrogens with two attached hydrogens (primary N) is 4. The number of rotatable bonds is 9. The molecule has 0 saturated heterocycles. The number of hydrazine groups is 2. The van der Waals surface area contributed by atoms with Gasteiger partial charge in [-0.2, -0.15) is 0 Å². The quantitative estimate of drug-likeness (QED) is 0.331. The van der Waals surface area contributed by atoms with Crippen LogP contribution in [0.3, 0.4) is 0 Å². The first-order valence-corrected chi connectivity index (χ1v) is 11.2. The summed E-state index contributed by atoms with van der Waals surface area (Å²) >= 11 is 0. The van der Waals surface area contributed by atoms with Crippen molar-refractivity contribution in [1.29, 1.82) is 0 Å².